The molecule has 0 bridgehead atoms. The van der Waals surface area contributed by atoms with Crippen LogP contribution in [0.3, 0.4) is 0 Å². The van der Waals surface area contributed by atoms with E-state index >= 15 is 0 Å². The van der Waals surface area contributed by atoms with Crippen LogP contribution in [0.1, 0.15) is 24.8 Å². The Balaban J connectivity index is 2.11. The topological polar surface area (TPSA) is 54.6 Å². The molecule has 4 heteroatoms. The zero-order valence-electron chi connectivity index (χ0n) is 10.7. The molecule has 1 amide bonds. The molecule has 2 aromatic rings. The number of pyridine rings is 1. The Bertz CT molecular complexity index is 617. The highest BCUT2D eigenvalue weighted by atomic mass is 16.5. The molecular formula is C15H16N2O2. The van der Waals surface area contributed by atoms with Crippen LogP contribution in [0.5, 0.6) is 0 Å². The normalized spacial score (nSPS) is 13.2. The van der Waals surface area contributed by atoms with Gasteiger partial charge in [0.15, 0.2) is 5.49 Å². The highest BCUT2D eigenvalue weighted by molar-refractivity contribution is 5.77. The molecular weight excluding hydrogens is 240 g/mol. The summed E-state index contributed by atoms with van der Waals surface area (Å²) < 4.78 is 0.838. The molecule has 0 aliphatic heterocycles. The van der Waals surface area contributed by atoms with Gasteiger partial charge in [-0.05, 0) is 23.6 Å². The van der Waals surface area contributed by atoms with Gasteiger partial charge in [-0.25, -0.2) is 0 Å². The molecule has 0 aliphatic carbocycles. The van der Waals surface area contributed by atoms with Crippen LogP contribution in [0.25, 0.3) is 0 Å². The van der Waals surface area contributed by atoms with Gasteiger partial charge in [-0.2, -0.15) is 9.72 Å². The second-order valence-electron chi connectivity index (χ2n) is 4.42. The SMILES string of the molecule is CC(CC(=O)N=c1ccccn1O)c1ccccc1. The van der Waals surface area contributed by atoms with Crippen LogP contribution in [-0.2, 0) is 4.79 Å². The molecule has 1 atom stereocenters. The number of carbonyl (C=O) groups is 1. The van der Waals surface area contributed by atoms with Gasteiger partial charge in [-0.15, -0.1) is 0 Å². The van der Waals surface area contributed by atoms with E-state index in [1.54, 1.807) is 18.2 Å². The summed E-state index contributed by atoms with van der Waals surface area (Å²) in [7, 11) is 0. The van der Waals surface area contributed by atoms with Crippen LogP contribution >= 0.6 is 0 Å². The largest absolute Gasteiger partial charge is 0.427 e. The lowest BCUT2D eigenvalue weighted by molar-refractivity contribution is -0.118. The monoisotopic (exact) mass is 256 g/mol. The zero-order chi connectivity index (χ0) is 13.7. The molecule has 0 spiro atoms. The first-order valence-electron chi connectivity index (χ1n) is 6.16. The first kappa shape index (κ1) is 13.1. The molecule has 0 fully saturated rings. The molecule has 0 saturated heterocycles. The van der Waals surface area contributed by atoms with Gasteiger partial charge in [0.25, 0.3) is 0 Å². The number of rotatable bonds is 3. The smallest absolute Gasteiger partial charge is 0.248 e. The summed E-state index contributed by atoms with van der Waals surface area (Å²) in [6.45, 7) is 1.99. The molecule has 4 nitrogen and oxygen atoms in total. The van der Waals surface area contributed by atoms with Crippen LogP contribution in [0.2, 0.25) is 0 Å². The van der Waals surface area contributed by atoms with Crippen LogP contribution in [-0.4, -0.2) is 15.8 Å². The molecule has 0 saturated carbocycles. The van der Waals surface area contributed by atoms with Crippen molar-refractivity contribution >= 4 is 5.91 Å². The van der Waals surface area contributed by atoms with Crippen LogP contribution in [0, 0.1) is 0 Å². The van der Waals surface area contributed by atoms with Crippen molar-refractivity contribution in [3.63, 3.8) is 0 Å². The fourth-order valence-corrected chi connectivity index (χ4v) is 1.85. The Hall–Kier alpha value is -2.36. The van der Waals surface area contributed by atoms with Crippen LogP contribution in [0.4, 0.5) is 0 Å². The van der Waals surface area contributed by atoms with Crippen LogP contribution < -0.4 is 5.49 Å². The Morgan fingerprint density at radius 1 is 1.21 bits per heavy atom. The van der Waals surface area contributed by atoms with E-state index in [9.17, 15) is 10.0 Å². The van der Waals surface area contributed by atoms with E-state index in [-0.39, 0.29) is 17.3 Å². The van der Waals surface area contributed by atoms with Gasteiger partial charge in [0.05, 0.1) is 0 Å². The summed E-state index contributed by atoms with van der Waals surface area (Å²) in [6, 6.07) is 14.8. The van der Waals surface area contributed by atoms with Crippen molar-refractivity contribution in [2.24, 2.45) is 4.99 Å². The van der Waals surface area contributed by atoms with Crippen molar-refractivity contribution < 1.29 is 10.0 Å². The van der Waals surface area contributed by atoms with Gasteiger partial charge in [0.2, 0.25) is 5.91 Å². The van der Waals surface area contributed by atoms with Crippen molar-refractivity contribution in [2.45, 2.75) is 19.3 Å². The van der Waals surface area contributed by atoms with Gasteiger partial charge in [0.1, 0.15) is 0 Å². The third-order valence-electron chi connectivity index (χ3n) is 2.91. The number of benzene rings is 1. The molecule has 1 N–H and O–H groups in total. The van der Waals surface area contributed by atoms with E-state index in [4.69, 9.17) is 0 Å². The third kappa shape index (κ3) is 3.55. The Morgan fingerprint density at radius 2 is 1.89 bits per heavy atom. The highest BCUT2D eigenvalue weighted by Crippen LogP contribution is 2.18. The summed E-state index contributed by atoms with van der Waals surface area (Å²) >= 11 is 0. The quantitative estimate of drug-likeness (QED) is 0.857. The Morgan fingerprint density at radius 3 is 2.58 bits per heavy atom. The molecule has 1 unspecified atom stereocenters. The molecule has 19 heavy (non-hydrogen) atoms. The first-order valence-corrected chi connectivity index (χ1v) is 6.16. The van der Waals surface area contributed by atoms with E-state index in [2.05, 4.69) is 4.99 Å². The van der Waals surface area contributed by atoms with Crippen molar-refractivity contribution in [1.82, 2.24) is 4.73 Å². The maximum absolute atomic E-state index is 11.9. The minimum atomic E-state index is -0.245. The van der Waals surface area contributed by atoms with E-state index < -0.39 is 0 Å². The van der Waals surface area contributed by atoms with Crippen molar-refractivity contribution in [3.8, 4) is 0 Å². The van der Waals surface area contributed by atoms with Gasteiger partial charge in [-0.3, -0.25) is 4.79 Å². The molecule has 2 rings (SSSR count). The molecule has 0 radical (unpaired) electrons. The molecule has 0 aliphatic rings. The second kappa shape index (κ2) is 6.00. The summed E-state index contributed by atoms with van der Waals surface area (Å²) in [5, 5.41) is 9.48. The van der Waals surface area contributed by atoms with E-state index in [0.717, 1.165) is 10.3 Å². The number of hydrogen-bond donors (Lipinski definition) is 1. The number of carbonyl (C=O) groups excluding carboxylic acids is 1. The second-order valence-corrected chi connectivity index (χ2v) is 4.42. The maximum Gasteiger partial charge on any atom is 0.248 e. The predicted molar refractivity (Wildman–Crippen MR) is 71.7 cm³/mol. The number of aromatic nitrogens is 1. The lowest BCUT2D eigenvalue weighted by atomic mass is 9.98. The Kier molecular flexibility index (Phi) is 4.13. The van der Waals surface area contributed by atoms with E-state index in [1.807, 2.05) is 37.3 Å². The molecule has 1 heterocycles. The standard InChI is InChI=1S/C15H16N2O2/c1-12(13-7-3-2-4-8-13)11-15(18)16-14-9-5-6-10-17(14)19/h2-10,12,19H,11H2,1H3. The average Bonchev–Trinajstić information content (AvgIpc) is 2.42. The fourth-order valence-electron chi connectivity index (χ4n) is 1.85. The highest BCUT2D eigenvalue weighted by Gasteiger charge is 2.10. The van der Waals surface area contributed by atoms with Crippen molar-refractivity contribution in [2.75, 3.05) is 0 Å². The summed E-state index contributed by atoms with van der Waals surface area (Å²) in [6.07, 6.45) is 1.76. The third-order valence-corrected chi connectivity index (χ3v) is 2.91. The number of hydrogen-bond acceptors (Lipinski definition) is 2. The van der Waals surface area contributed by atoms with Gasteiger partial charge in [-0.1, -0.05) is 43.3 Å². The van der Waals surface area contributed by atoms with Crippen LogP contribution in [0.15, 0.2) is 59.7 Å². The minimum Gasteiger partial charge on any atom is -0.427 e. The van der Waals surface area contributed by atoms with Crippen molar-refractivity contribution in [1.29, 1.82) is 0 Å². The van der Waals surface area contributed by atoms with Gasteiger partial charge >= 0.3 is 0 Å². The van der Waals surface area contributed by atoms with Gasteiger partial charge < -0.3 is 5.21 Å². The molecule has 1 aromatic carbocycles. The van der Waals surface area contributed by atoms with Gasteiger partial charge in [0, 0.05) is 12.6 Å². The first-order chi connectivity index (χ1) is 9.16. The fraction of sp³-hybridized carbons (Fsp3) is 0.200. The molecule has 98 valence electrons. The predicted octanol–water partition coefficient (Wildman–Crippen LogP) is 2.35. The zero-order valence-corrected chi connectivity index (χ0v) is 10.7. The summed E-state index contributed by atoms with van der Waals surface area (Å²) in [4.78, 5) is 15.8. The average molecular weight is 256 g/mol. The van der Waals surface area contributed by atoms with E-state index in [0.29, 0.717) is 6.42 Å². The summed E-state index contributed by atoms with van der Waals surface area (Å²) in [5.74, 6) is -0.140. The maximum atomic E-state index is 11.9. The molecule has 1 aromatic heterocycles. The summed E-state index contributed by atoms with van der Waals surface area (Å²) in [5.41, 5.74) is 1.35. The lowest BCUT2D eigenvalue weighted by Gasteiger charge is -2.08. The van der Waals surface area contributed by atoms with Crippen molar-refractivity contribution in [3.05, 3.63) is 65.8 Å². The number of amides is 1. The number of nitrogens with zero attached hydrogens (tertiary/aromatic N) is 2. The minimum absolute atomic E-state index is 0.105. The lowest BCUT2D eigenvalue weighted by Crippen LogP contribution is -2.19. The Labute approximate surface area is 111 Å². The van der Waals surface area contributed by atoms with E-state index in [1.165, 1.54) is 6.20 Å².